The number of nitrogens with zero attached hydrogens (tertiary/aromatic N) is 2. The lowest BCUT2D eigenvalue weighted by Gasteiger charge is -2.37. The maximum Gasteiger partial charge on any atom is 0.353 e. The van der Waals surface area contributed by atoms with Gasteiger partial charge >= 0.3 is 5.97 Å². The van der Waals surface area contributed by atoms with Crippen molar-refractivity contribution in [2.75, 3.05) is 13.6 Å². The summed E-state index contributed by atoms with van der Waals surface area (Å²) in [6.45, 7) is 2.03. The van der Waals surface area contributed by atoms with Gasteiger partial charge in [-0.1, -0.05) is 0 Å². The molecule has 1 saturated heterocycles. The first kappa shape index (κ1) is 14.0. The van der Waals surface area contributed by atoms with Crippen LogP contribution in [0.1, 0.15) is 15.3 Å². The summed E-state index contributed by atoms with van der Waals surface area (Å²) >= 11 is 3.13. The molecule has 1 fully saturated rings. The molecule has 22 heavy (non-hydrogen) atoms. The van der Waals surface area contributed by atoms with Gasteiger partial charge in [0, 0.05) is 28.3 Å². The van der Waals surface area contributed by atoms with E-state index in [0.717, 1.165) is 24.4 Å². The summed E-state index contributed by atoms with van der Waals surface area (Å²) in [6.07, 6.45) is 2.99. The van der Waals surface area contributed by atoms with Crippen LogP contribution in [0.25, 0.3) is 6.08 Å². The van der Waals surface area contributed by atoms with E-state index < -0.39 is 5.97 Å². The van der Waals surface area contributed by atoms with Crippen LogP contribution in [0, 0.1) is 0 Å². The van der Waals surface area contributed by atoms with Crippen LogP contribution in [0.2, 0.25) is 0 Å². The highest BCUT2D eigenvalue weighted by molar-refractivity contribution is 8.03. The van der Waals surface area contributed by atoms with Crippen molar-refractivity contribution in [2.45, 2.75) is 18.3 Å². The van der Waals surface area contributed by atoms with Gasteiger partial charge in [-0.05, 0) is 31.2 Å². The van der Waals surface area contributed by atoms with Gasteiger partial charge in [0.1, 0.15) is 11.1 Å². The van der Waals surface area contributed by atoms with Crippen molar-refractivity contribution in [1.82, 2.24) is 9.80 Å². The Morgan fingerprint density at radius 3 is 3.09 bits per heavy atom. The number of fused-ring (bicyclic) bond motifs is 2. The molecule has 1 N–H and O–H groups in total. The maximum absolute atomic E-state index is 12.2. The Bertz CT molecular complexity index is 750. The van der Waals surface area contributed by atoms with Gasteiger partial charge in [-0.15, -0.1) is 23.1 Å². The van der Waals surface area contributed by atoms with Crippen LogP contribution in [0.3, 0.4) is 0 Å². The van der Waals surface area contributed by atoms with E-state index in [4.69, 9.17) is 5.11 Å². The highest BCUT2D eigenvalue weighted by Crippen LogP contribution is 2.45. The third-order valence-electron chi connectivity index (χ3n) is 4.13. The van der Waals surface area contributed by atoms with Crippen molar-refractivity contribution in [3.8, 4) is 0 Å². The number of carboxylic acid groups (broad SMARTS) is 1. The largest absolute Gasteiger partial charge is 0.477 e. The number of carbonyl (C=O) groups excluding carboxylic acids is 1. The fourth-order valence-corrected chi connectivity index (χ4v) is 5.23. The smallest absolute Gasteiger partial charge is 0.353 e. The highest BCUT2D eigenvalue weighted by Gasteiger charge is 2.49. The fourth-order valence-electron chi connectivity index (χ4n) is 2.99. The number of carboxylic acids is 1. The lowest BCUT2D eigenvalue weighted by molar-refractivity contribution is -0.141. The third kappa shape index (κ3) is 2.04. The lowest BCUT2D eigenvalue weighted by atomic mass is 10.0. The summed E-state index contributed by atoms with van der Waals surface area (Å²) in [5.41, 5.74) is 2.13. The molecule has 0 aliphatic carbocycles. The Balaban J connectivity index is 1.59. The van der Waals surface area contributed by atoms with Crippen molar-refractivity contribution in [1.29, 1.82) is 0 Å². The van der Waals surface area contributed by atoms with Crippen LogP contribution in [-0.2, 0) is 22.6 Å². The first-order valence-electron chi connectivity index (χ1n) is 6.99. The van der Waals surface area contributed by atoms with Crippen molar-refractivity contribution in [3.05, 3.63) is 38.1 Å². The summed E-state index contributed by atoms with van der Waals surface area (Å²) in [6, 6.07) is 2.16. The van der Waals surface area contributed by atoms with Gasteiger partial charge < -0.3 is 10.0 Å². The lowest BCUT2D eigenvalue weighted by Crippen LogP contribution is -2.51. The maximum atomic E-state index is 12.2. The van der Waals surface area contributed by atoms with Crippen LogP contribution < -0.4 is 0 Å². The average Bonchev–Trinajstić information content (AvgIpc) is 3.05. The number of thioether (sulfide) groups is 1. The van der Waals surface area contributed by atoms with E-state index in [9.17, 15) is 9.59 Å². The first-order valence-corrected chi connectivity index (χ1v) is 8.75. The first-order chi connectivity index (χ1) is 10.5. The summed E-state index contributed by atoms with van der Waals surface area (Å²) in [5.74, 6) is -1.23. The van der Waals surface area contributed by atoms with Gasteiger partial charge in [0.15, 0.2) is 0 Å². The Morgan fingerprint density at radius 1 is 1.50 bits per heavy atom. The van der Waals surface area contributed by atoms with Crippen molar-refractivity contribution < 1.29 is 14.7 Å². The molecular formula is C15H14N2O3S2. The Labute approximate surface area is 135 Å². The second-order valence-electron chi connectivity index (χ2n) is 5.66. The van der Waals surface area contributed by atoms with Crippen LogP contribution in [0.15, 0.2) is 22.7 Å². The molecule has 1 unspecified atom stereocenters. The number of carbonyl (C=O) groups is 2. The molecule has 0 bridgehead atoms. The Morgan fingerprint density at radius 2 is 2.32 bits per heavy atom. The van der Waals surface area contributed by atoms with Gasteiger partial charge in [0.05, 0.1) is 5.57 Å². The Hall–Kier alpha value is -1.57. The van der Waals surface area contributed by atoms with Gasteiger partial charge in [0.2, 0.25) is 0 Å². The zero-order chi connectivity index (χ0) is 15.4. The van der Waals surface area contributed by atoms with Gasteiger partial charge in [-0.2, -0.15) is 0 Å². The fraction of sp³-hybridized carbons (Fsp3) is 0.333. The van der Waals surface area contributed by atoms with Gasteiger partial charge in [-0.25, -0.2) is 4.79 Å². The molecule has 5 nitrogen and oxygen atoms in total. The minimum Gasteiger partial charge on any atom is -0.477 e. The zero-order valence-electron chi connectivity index (χ0n) is 11.9. The molecule has 0 radical (unpaired) electrons. The molecule has 0 spiro atoms. The van der Waals surface area contributed by atoms with Crippen LogP contribution in [0.4, 0.5) is 0 Å². The molecule has 1 amide bonds. The van der Waals surface area contributed by atoms with Crippen molar-refractivity contribution in [3.63, 3.8) is 0 Å². The van der Waals surface area contributed by atoms with Gasteiger partial charge in [0.25, 0.3) is 5.91 Å². The molecule has 1 aromatic rings. The van der Waals surface area contributed by atoms with Crippen LogP contribution in [-0.4, -0.2) is 45.7 Å². The summed E-state index contributed by atoms with van der Waals surface area (Å²) in [4.78, 5) is 29.4. The molecule has 3 aliphatic heterocycles. The summed E-state index contributed by atoms with van der Waals surface area (Å²) in [5, 5.41) is 10.5. The van der Waals surface area contributed by atoms with E-state index in [1.165, 1.54) is 27.1 Å². The van der Waals surface area contributed by atoms with Gasteiger partial charge in [-0.3, -0.25) is 9.69 Å². The minimum atomic E-state index is -1.04. The van der Waals surface area contributed by atoms with E-state index in [-0.39, 0.29) is 17.0 Å². The highest BCUT2D eigenvalue weighted by atomic mass is 32.2. The molecule has 3 aliphatic rings. The summed E-state index contributed by atoms with van der Waals surface area (Å²) < 4.78 is 0. The second-order valence-corrected chi connectivity index (χ2v) is 7.78. The Kier molecular flexibility index (Phi) is 3.18. The molecule has 1 aromatic heterocycles. The number of likely N-dealkylation sites (N-methyl/N-ethyl adjacent to an activating group) is 1. The predicted octanol–water partition coefficient (Wildman–Crippen LogP) is 1.96. The number of hydrogen-bond acceptors (Lipinski definition) is 5. The van der Waals surface area contributed by atoms with Crippen molar-refractivity contribution in [2.24, 2.45) is 0 Å². The molecule has 4 rings (SSSR count). The molecule has 0 aromatic carbocycles. The van der Waals surface area contributed by atoms with E-state index >= 15 is 0 Å². The molecule has 114 valence electrons. The molecule has 7 heteroatoms. The van der Waals surface area contributed by atoms with Crippen molar-refractivity contribution >= 4 is 41.1 Å². The number of amides is 1. The number of rotatable bonds is 2. The average molecular weight is 334 g/mol. The molecular weight excluding hydrogens is 320 g/mol. The quantitative estimate of drug-likeness (QED) is 0.662. The zero-order valence-corrected chi connectivity index (χ0v) is 13.5. The normalized spacial score (nSPS) is 25.8. The molecule has 4 heterocycles. The minimum absolute atomic E-state index is 0.0873. The topological polar surface area (TPSA) is 60.9 Å². The van der Waals surface area contributed by atoms with Crippen LogP contribution >= 0.6 is 23.1 Å². The monoisotopic (exact) mass is 334 g/mol. The van der Waals surface area contributed by atoms with E-state index in [1.807, 2.05) is 6.08 Å². The number of β-lactam (4-membered cyclic amide) rings is 1. The van der Waals surface area contributed by atoms with E-state index in [0.29, 0.717) is 5.57 Å². The standard InChI is InChI=1S/C15H14N2O3S2/c1-16-3-2-12-8(6-16)4-9(22-12)5-10-13(18)17-11(15(19)20)7-21-14(10)17/h4-5,7,14H,2-3,6H2,1H3,(H,19,20)/b10-5+. The second kappa shape index (κ2) is 4.97. The summed E-state index contributed by atoms with van der Waals surface area (Å²) in [7, 11) is 2.11. The third-order valence-corrected chi connectivity index (χ3v) is 6.39. The predicted molar refractivity (Wildman–Crippen MR) is 86.3 cm³/mol. The van der Waals surface area contributed by atoms with E-state index in [2.05, 4.69) is 18.0 Å². The number of thiophene rings is 1. The molecule has 0 saturated carbocycles. The van der Waals surface area contributed by atoms with Crippen LogP contribution in [0.5, 0.6) is 0 Å². The molecule has 1 atom stereocenters. The van der Waals surface area contributed by atoms with E-state index in [1.54, 1.807) is 16.7 Å². The SMILES string of the molecule is CN1CCc2sc(/C=C3\C(=O)N4C(C(=O)O)=CSC34)cc2C1. The number of hydrogen-bond donors (Lipinski definition) is 1. The number of aliphatic carboxylic acids is 1.